The van der Waals surface area contributed by atoms with E-state index in [0.29, 0.717) is 19.6 Å². The van der Waals surface area contributed by atoms with Crippen LogP contribution in [0.25, 0.3) is 0 Å². The lowest BCUT2D eigenvalue weighted by Gasteiger charge is -2.17. The second kappa shape index (κ2) is 9.36. The minimum absolute atomic E-state index is 0. The number of hydrogen-bond acceptors (Lipinski definition) is 4. The molecule has 1 aromatic carbocycles. The lowest BCUT2D eigenvalue weighted by atomic mass is 10.1. The molecule has 1 unspecified atom stereocenters. The molecule has 3 N–H and O–H groups in total. The first-order valence-corrected chi connectivity index (χ1v) is 9.56. The van der Waals surface area contributed by atoms with Gasteiger partial charge in [-0.1, -0.05) is 24.3 Å². The van der Waals surface area contributed by atoms with Gasteiger partial charge in [-0.2, -0.15) is 0 Å². The molecule has 2 rings (SSSR count). The first-order valence-electron chi connectivity index (χ1n) is 7.95. The molecule has 6 nitrogen and oxygen atoms in total. The Hall–Kier alpha value is -1.15. The normalized spacial score (nSPS) is 16.4. The van der Waals surface area contributed by atoms with E-state index >= 15 is 0 Å². The second-order valence-corrected chi connectivity index (χ2v) is 8.06. The van der Waals surface area contributed by atoms with Crippen molar-refractivity contribution in [3.8, 4) is 0 Å². The number of nitrogens with zero attached hydrogens (tertiary/aromatic N) is 1. The number of nitrogens with one attached hydrogen (secondary N) is 1. The molecule has 1 aromatic rings. The molecule has 1 aliphatic rings. The highest BCUT2D eigenvalue weighted by atomic mass is 35.5. The van der Waals surface area contributed by atoms with Gasteiger partial charge >= 0.3 is 0 Å². The Morgan fingerprint density at radius 2 is 1.83 bits per heavy atom. The zero-order valence-electron chi connectivity index (χ0n) is 13.9. The quantitative estimate of drug-likeness (QED) is 0.753. The Labute approximate surface area is 150 Å². The highest BCUT2D eigenvalue weighted by molar-refractivity contribution is 7.88. The minimum Gasteiger partial charge on any atom is -0.352 e. The maximum atomic E-state index is 12.5. The molecule has 24 heavy (non-hydrogen) atoms. The van der Waals surface area contributed by atoms with Gasteiger partial charge in [0.25, 0.3) is 0 Å². The van der Waals surface area contributed by atoms with Crippen molar-refractivity contribution in [2.75, 3.05) is 13.1 Å². The summed E-state index contributed by atoms with van der Waals surface area (Å²) in [6, 6.07) is 7.13. The van der Waals surface area contributed by atoms with Crippen molar-refractivity contribution < 1.29 is 13.2 Å². The van der Waals surface area contributed by atoms with Crippen LogP contribution in [0.3, 0.4) is 0 Å². The number of hydrogen-bond donors (Lipinski definition) is 2. The summed E-state index contributed by atoms with van der Waals surface area (Å²) in [6.45, 7) is 3.30. The van der Waals surface area contributed by atoms with Crippen molar-refractivity contribution in [3.63, 3.8) is 0 Å². The molecule has 1 atom stereocenters. The summed E-state index contributed by atoms with van der Waals surface area (Å²) in [5.74, 6) is -0.149. The standard InChI is InChI=1S/C16H25N3O3S.ClH/c1-13(17)10-16(20)18-11-14-6-2-3-7-15(14)12-23(21,22)19-8-4-5-9-19;/h2-3,6-7,13H,4-5,8-12,17H2,1H3,(H,18,20);1H. The molecule has 0 spiro atoms. The van der Waals surface area contributed by atoms with Gasteiger partial charge in [0, 0.05) is 32.1 Å². The van der Waals surface area contributed by atoms with Gasteiger partial charge in [0.2, 0.25) is 15.9 Å². The summed E-state index contributed by atoms with van der Waals surface area (Å²) in [5, 5.41) is 2.80. The molecule has 136 valence electrons. The third-order valence-electron chi connectivity index (χ3n) is 3.90. The molecule has 1 saturated heterocycles. The lowest BCUT2D eigenvalue weighted by molar-refractivity contribution is -0.121. The molecule has 1 fully saturated rings. The van der Waals surface area contributed by atoms with Crippen LogP contribution in [0.2, 0.25) is 0 Å². The van der Waals surface area contributed by atoms with E-state index in [-0.39, 0.29) is 36.5 Å². The van der Waals surface area contributed by atoms with E-state index < -0.39 is 10.0 Å². The van der Waals surface area contributed by atoms with Crippen LogP contribution < -0.4 is 11.1 Å². The Kier molecular flexibility index (Phi) is 8.15. The lowest BCUT2D eigenvalue weighted by Crippen LogP contribution is -2.31. The Balaban J connectivity index is 0.00000288. The SMILES string of the molecule is CC(N)CC(=O)NCc1ccccc1CS(=O)(=O)N1CCCC1.Cl. The molecule has 0 bridgehead atoms. The molecular formula is C16H26ClN3O3S. The van der Waals surface area contributed by atoms with Gasteiger partial charge < -0.3 is 11.1 Å². The Bertz CT molecular complexity index is 644. The maximum Gasteiger partial charge on any atom is 0.221 e. The van der Waals surface area contributed by atoms with Gasteiger partial charge in [-0.25, -0.2) is 12.7 Å². The number of benzene rings is 1. The summed E-state index contributed by atoms with van der Waals surface area (Å²) in [6.07, 6.45) is 2.11. The van der Waals surface area contributed by atoms with Gasteiger partial charge in [0.15, 0.2) is 0 Å². The average molecular weight is 376 g/mol. The fourth-order valence-electron chi connectivity index (χ4n) is 2.68. The number of carbonyl (C=O) groups excluding carboxylic acids is 1. The number of amides is 1. The van der Waals surface area contributed by atoms with E-state index in [1.54, 1.807) is 17.3 Å². The summed E-state index contributed by atoms with van der Waals surface area (Å²) in [4.78, 5) is 11.7. The third-order valence-corrected chi connectivity index (χ3v) is 5.73. The zero-order chi connectivity index (χ0) is 16.9. The minimum atomic E-state index is -3.29. The summed E-state index contributed by atoms with van der Waals surface area (Å²) < 4.78 is 26.5. The zero-order valence-corrected chi connectivity index (χ0v) is 15.5. The van der Waals surface area contributed by atoms with Crippen molar-refractivity contribution in [1.29, 1.82) is 0 Å². The topological polar surface area (TPSA) is 92.5 Å². The average Bonchev–Trinajstić information content (AvgIpc) is 3.00. The number of carbonyl (C=O) groups is 1. The van der Waals surface area contributed by atoms with Crippen LogP contribution in [-0.4, -0.2) is 37.8 Å². The van der Waals surface area contributed by atoms with Crippen LogP contribution in [0.15, 0.2) is 24.3 Å². The van der Waals surface area contributed by atoms with Crippen LogP contribution in [0.5, 0.6) is 0 Å². The third kappa shape index (κ3) is 6.05. The van der Waals surface area contributed by atoms with Gasteiger partial charge in [-0.05, 0) is 30.9 Å². The molecule has 0 radical (unpaired) electrons. The summed E-state index contributed by atoms with van der Waals surface area (Å²) in [5.41, 5.74) is 7.16. The molecule has 0 aliphatic carbocycles. The largest absolute Gasteiger partial charge is 0.352 e. The first-order chi connectivity index (χ1) is 10.9. The van der Waals surface area contributed by atoms with Gasteiger partial charge in [0.05, 0.1) is 5.75 Å². The van der Waals surface area contributed by atoms with E-state index in [0.717, 1.165) is 24.0 Å². The fourth-order valence-corrected chi connectivity index (χ4v) is 4.36. The second-order valence-electron chi connectivity index (χ2n) is 6.09. The van der Waals surface area contributed by atoms with Crippen LogP contribution in [0.4, 0.5) is 0 Å². The predicted octanol–water partition coefficient (Wildman–Crippen LogP) is 1.39. The number of rotatable bonds is 7. The van der Waals surface area contributed by atoms with Crippen LogP contribution in [0.1, 0.15) is 37.3 Å². The molecule has 0 aromatic heterocycles. The predicted molar refractivity (Wildman–Crippen MR) is 97.2 cm³/mol. The van der Waals surface area contributed by atoms with Gasteiger partial charge in [-0.15, -0.1) is 12.4 Å². The van der Waals surface area contributed by atoms with Gasteiger partial charge in [0.1, 0.15) is 0 Å². The van der Waals surface area contributed by atoms with Crippen LogP contribution >= 0.6 is 12.4 Å². The van der Waals surface area contributed by atoms with E-state index in [9.17, 15) is 13.2 Å². The van der Waals surface area contributed by atoms with E-state index in [1.165, 1.54) is 0 Å². The molecule has 1 heterocycles. The molecule has 0 saturated carbocycles. The monoisotopic (exact) mass is 375 g/mol. The smallest absolute Gasteiger partial charge is 0.221 e. The molecule has 8 heteroatoms. The van der Waals surface area contributed by atoms with Crippen molar-refractivity contribution in [2.24, 2.45) is 5.73 Å². The molecular weight excluding hydrogens is 350 g/mol. The number of nitrogens with two attached hydrogens (primary N) is 1. The first kappa shape index (κ1) is 20.9. The van der Waals surface area contributed by atoms with Crippen molar-refractivity contribution >= 4 is 28.3 Å². The Morgan fingerprint density at radius 1 is 1.25 bits per heavy atom. The maximum absolute atomic E-state index is 12.5. The van der Waals surface area contributed by atoms with Crippen molar-refractivity contribution in [2.45, 2.75) is 44.5 Å². The van der Waals surface area contributed by atoms with Crippen LogP contribution in [-0.2, 0) is 27.1 Å². The summed E-state index contributed by atoms with van der Waals surface area (Å²) in [7, 11) is -3.29. The summed E-state index contributed by atoms with van der Waals surface area (Å²) >= 11 is 0. The van der Waals surface area contributed by atoms with E-state index in [2.05, 4.69) is 5.32 Å². The van der Waals surface area contributed by atoms with Crippen molar-refractivity contribution in [1.82, 2.24) is 9.62 Å². The molecule has 1 amide bonds. The number of halogens is 1. The van der Waals surface area contributed by atoms with E-state index in [4.69, 9.17) is 5.73 Å². The highest BCUT2D eigenvalue weighted by Crippen LogP contribution is 2.19. The van der Waals surface area contributed by atoms with Crippen LogP contribution in [0, 0.1) is 0 Å². The molecule has 1 aliphatic heterocycles. The van der Waals surface area contributed by atoms with Gasteiger partial charge in [-0.3, -0.25) is 4.79 Å². The Morgan fingerprint density at radius 3 is 2.42 bits per heavy atom. The fraction of sp³-hybridized carbons (Fsp3) is 0.562. The highest BCUT2D eigenvalue weighted by Gasteiger charge is 2.26. The number of sulfonamides is 1. The van der Waals surface area contributed by atoms with E-state index in [1.807, 2.05) is 18.2 Å². The van der Waals surface area contributed by atoms with Crippen molar-refractivity contribution in [3.05, 3.63) is 35.4 Å².